The summed E-state index contributed by atoms with van der Waals surface area (Å²) in [6.07, 6.45) is 7.92. The monoisotopic (exact) mass is 288 g/mol. The second-order valence-electron chi connectivity index (χ2n) is 8.00. The van der Waals surface area contributed by atoms with Crippen LogP contribution in [0.2, 0.25) is 0 Å². The van der Waals surface area contributed by atoms with Gasteiger partial charge in [-0.2, -0.15) is 0 Å². The van der Waals surface area contributed by atoms with E-state index in [1.165, 1.54) is 44.1 Å². The standard InChI is InChI=1S/C21H36/c1-7-8-16-21(18(2)3,20(4,5)6)17-12-15-19-13-10-9-11-14-19/h9-11,13-14,18H,7-8,12,15-17H2,1-6H3. The molecule has 0 aliphatic heterocycles. The van der Waals surface area contributed by atoms with Crippen LogP contribution >= 0.6 is 0 Å². The Kier molecular flexibility index (Phi) is 6.97. The van der Waals surface area contributed by atoms with Crippen LogP contribution in [0.4, 0.5) is 0 Å². The molecule has 1 atom stereocenters. The third kappa shape index (κ3) is 4.87. The van der Waals surface area contributed by atoms with E-state index in [4.69, 9.17) is 0 Å². The smallest absolute Gasteiger partial charge is 0.0226 e. The van der Waals surface area contributed by atoms with E-state index < -0.39 is 0 Å². The summed E-state index contributed by atoms with van der Waals surface area (Å²) < 4.78 is 0. The van der Waals surface area contributed by atoms with Gasteiger partial charge in [-0.25, -0.2) is 0 Å². The fraction of sp³-hybridized carbons (Fsp3) is 0.714. The van der Waals surface area contributed by atoms with Gasteiger partial charge in [0.05, 0.1) is 0 Å². The van der Waals surface area contributed by atoms with Gasteiger partial charge >= 0.3 is 0 Å². The van der Waals surface area contributed by atoms with Crippen molar-refractivity contribution < 1.29 is 0 Å². The number of unbranched alkanes of at least 4 members (excludes halogenated alkanes) is 1. The fourth-order valence-corrected chi connectivity index (χ4v) is 4.06. The van der Waals surface area contributed by atoms with Gasteiger partial charge in [-0.1, -0.05) is 84.7 Å². The van der Waals surface area contributed by atoms with Gasteiger partial charge in [-0.05, 0) is 48.0 Å². The van der Waals surface area contributed by atoms with E-state index in [9.17, 15) is 0 Å². The Morgan fingerprint density at radius 1 is 0.905 bits per heavy atom. The van der Waals surface area contributed by atoms with Crippen LogP contribution in [0, 0.1) is 16.7 Å². The Hall–Kier alpha value is -0.780. The van der Waals surface area contributed by atoms with Crippen molar-refractivity contribution in [2.75, 3.05) is 0 Å². The molecule has 1 aromatic rings. The molecular formula is C21H36. The van der Waals surface area contributed by atoms with Gasteiger partial charge < -0.3 is 0 Å². The summed E-state index contributed by atoms with van der Waals surface area (Å²) in [5, 5.41) is 0. The highest BCUT2D eigenvalue weighted by Gasteiger charge is 2.42. The molecular weight excluding hydrogens is 252 g/mol. The molecule has 0 nitrogen and oxygen atoms in total. The predicted octanol–water partition coefficient (Wildman–Crippen LogP) is 6.89. The molecule has 0 N–H and O–H groups in total. The highest BCUT2D eigenvalue weighted by molar-refractivity contribution is 5.14. The molecule has 0 spiro atoms. The largest absolute Gasteiger partial charge is 0.0654 e. The molecule has 0 fully saturated rings. The van der Waals surface area contributed by atoms with Crippen molar-refractivity contribution in [3.05, 3.63) is 35.9 Å². The topological polar surface area (TPSA) is 0 Å². The Morgan fingerprint density at radius 2 is 1.48 bits per heavy atom. The van der Waals surface area contributed by atoms with Crippen LogP contribution in [0.1, 0.15) is 79.2 Å². The minimum Gasteiger partial charge on any atom is -0.0654 e. The lowest BCUT2D eigenvalue weighted by molar-refractivity contribution is 0.00681. The number of hydrogen-bond acceptors (Lipinski definition) is 0. The van der Waals surface area contributed by atoms with Crippen molar-refractivity contribution in [3.8, 4) is 0 Å². The minimum absolute atomic E-state index is 0.382. The molecule has 0 aliphatic rings. The van der Waals surface area contributed by atoms with E-state index in [0.29, 0.717) is 10.8 Å². The molecule has 21 heavy (non-hydrogen) atoms. The Balaban J connectivity index is 2.76. The summed E-state index contributed by atoms with van der Waals surface area (Å²) in [5.41, 5.74) is 2.34. The van der Waals surface area contributed by atoms with Crippen LogP contribution in [-0.2, 0) is 6.42 Å². The maximum absolute atomic E-state index is 2.45. The molecule has 0 amide bonds. The lowest BCUT2D eigenvalue weighted by atomic mass is 9.56. The van der Waals surface area contributed by atoms with Gasteiger partial charge in [0.25, 0.3) is 0 Å². The minimum atomic E-state index is 0.382. The summed E-state index contributed by atoms with van der Waals surface area (Å²) in [5.74, 6) is 0.750. The molecule has 0 heteroatoms. The lowest BCUT2D eigenvalue weighted by Crippen LogP contribution is -2.40. The molecule has 0 aliphatic carbocycles. The Morgan fingerprint density at radius 3 is 1.95 bits per heavy atom. The molecule has 0 saturated heterocycles. The first kappa shape index (κ1) is 18.3. The van der Waals surface area contributed by atoms with Gasteiger partial charge in [0.15, 0.2) is 0 Å². The van der Waals surface area contributed by atoms with Crippen LogP contribution in [0.25, 0.3) is 0 Å². The Bertz CT molecular complexity index is 382. The molecule has 0 heterocycles. The highest BCUT2D eigenvalue weighted by Crippen LogP contribution is 2.52. The van der Waals surface area contributed by atoms with Crippen molar-refractivity contribution in [2.24, 2.45) is 16.7 Å². The number of benzene rings is 1. The SMILES string of the molecule is CCCCC(CCCc1ccccc1)(C(C)C)C(C)(C)C. The molecule has 1 aromatic carbocycles. The maximum atomic E-state index is 2.45. The van der Waals surface area contributed by atoms with Crippen LogP contribution in [-0.4, -0.2) is 0 Å². The van der Waals surface area contributed by atoms with Crippen LogP contribution in [0.5, 0.6) is 0 Å². The maximum Gasteiger partial charge on any atom is -0.0226 e. The molecule has 0 aromatic heterocycles. The van der Waals surface area contributed by atoms with E-state index in [1.807, 2.05) is 0 Å². The Labute approximate surface area is 133 Å². The molecule has 120 valence electrons. The van der Waals surface area contributed by atoms with E-state index >= 15 is 0 Å². The summed E-state index contributed by atoms with van der Waals surface area (Å²) in [4.78, 5) is 0. The van der Waals surface area contributed by atoms with Gasteiger partial charge in [0, 0.05) is 0 Å². The molecule has 0 bridgehead atoms. The zero-order valence-electron chi connectivity index (χ0n) is 15.2. The van der Waals surface area contributed by atoms with Crippen molar-refractivity contribution in [1.29, 1.82) is 0 Å². The second-order valence-corrected chi connectivity index (χ2v) is 8.00. The van der Waals surface area contributed by atoms with E-state index in [0.717, 1.165) is 5.92 Å². The summed E-state index contributed by atoms with van der Waals surface area (Å²) in [6, 6.07) is 11.0. The van der Waals surface area contributed by atoms with E-state index in [-0.39, 0.29) is 0 Å². The zero-order chi connectivity index (χ0) is 15.9. The van der Waals surface area contributed by atoms with Crippen LogP contribution < -0.4 is 0 Å². The van der Waals surface area contributed by atoms with Gasteiger partial charge in [-0.15, -0.1) is 0 Å². The van der Waals surface area contributed by atoms with Crippen molar-refractivity contribution in [3.63, 3.8) is 0 Å². The third-order valence-electron chi connectivity index (χ3n) is 5.51. The second kappa shape index (κ2) is 8.01. The predicted molar refractivity (Wildman–Crippen MR) is 95.6 cm³/mol. The summed E-state index contributed by atoms with van der Waals surface area (Å²) in [6.45, 7) is 14.5. The van der Waals surface area contributed by atoms with Crippen LogP contribution in [0.3, 0.4) is 0 Å². The van der Waals surface area contributed by atoms with Gasteiger partial charge in [-0.3, -0.25) is 0 Å². The molecule has 1 rings (SSSR count). The average Bonchev–Trinajstić information content (AvgIpc) is 2.42. The van der Waals surface area contributed by atoms with E-state index in [1.54, 1.807) is 0 Å². The highest BCUT2D eigenvalue weighted by atomic mass is 14.5. The number of hydrogen-bond donors (Lipinski definition) is 0. The van der Waals surface area contributed by atoms with Crippen molar-refractivity contribution in [2.45, 2.75) is 80.1 Å². The third-order valence-corrected chi connectivity index (χ3v) is 5.51. The normalized spacial score (nSPS) is 15.2. The average molecular weight is 289 g/mol. The van der Waals surface area contributed by atoms with E-state index in [2.05, 4.69) is 71.9 Å². The van der Waals surface area contributed by atoms with Crippen LogP contribution in [0.15, 0.2) is 30.3 Å². The molecule has 0 saturated carbocycles. The zero-order valence-corrected chi connectivity index (χ0v) is 15.2. The number of aryl methyl sites for hydroxylation is 1. The fourth-order valence-electron chi connectivity index (χ4n) is 4.06. The van der Waals surface area contributed by atoms with Crippen molar-refractivity contribution in [1.82, 2.24) is 0 Å². The lowest BCUT2D eigenvalue weighted by Gasteiger charge is -2.49. The molecule has 0 radical (unpaired) electrons. The molecule has 1 unspecified atom stereocenters. The van der Waals surface area contributed by atoms with Crippen molar-refractivity contribution >= 4 is 0 Å². The first-order valence-electron chi connectivity index (χ1n) is 8.87. The summed E-state index contributed by atoms with van der Waals surface area (Å²) >= 11 is 0. The number of rotatable bonds is 8. The first-order chi connectivity index (χ1) is 9.83. The van der Waals surface area contributed by atoms with Gasteiger partial charge in [0.2, 0.25) is 0 Å². The first-order valence-corrected chi connectivity index (χ1v) is 8.87. The quantitative estimate of drug-likeness (QED) is 0.488. The summed E-state index contributed by atoms with van der Waals surface area (Å²) in [7, 11) is 0. The van der Waals surface area contributed by atoms with Gasteiger partial charge in [0.1, 0.15) is 0 Å².